The highest BCUT2D eigenvalue weighted by Gasteiger charge is 2.17. The van der Waals surface area contributed by atoms with Gasteiger partial charge in [0, 0.05) is 38.9 Å². The maximum absolute atomic E-state index is 4.40. The average molecular weight is 231 g/mol. The lowest BCUT2D eigenvalue weighted by Crippen LogP contribution is -2.47. The van der Waals surface area contributed by atoms with E-state index >= 15 is 0 Å². The lowest BCUT2D eigenvalue weighted by molar-refractivity contribution is 0.277. The van der Waals surface area contributed by atoms with Gasteiger partial charge in [0.25, 0.3) is 0 Å². The van der Waals surface area contributed by atoms with E-state index in [1.54, 1.807) is 0 Å². The number of nitrogens with zero attached hydrogens (tertiary/aromatic N) is 3. The molecule has 0 N–H and O–H groups in total. The quantitative estimate of drug-likeness (QED) is 0.743. The molecule has 1 aliphatic heterocycles. The summed E-state index contributed by atoms with van der Waals surface area (Å²) in [5, 5.41) is 0. The first kappa shape index (κ1) is 12.1. The zero-order valence-corrected chi connectivity index (χ0v) is 10.8. The van der Waals surface area contributed by atoms with Gasteiger partial charge in [-0.05, 0) is 26.0 Å². The van der Waals surface area contributed by atoms with Crippen LogP contribution in [-0.2, 0) is 0 Å². The third-order valence-corrected chi connectivity index (χ3v) is 3.31. The Balaban J connectivity index is 1.86. The molecule has 1 aromatic rings. The highest BCUT2D eigenvalue weighted by atomic mass is 15.3. The Labute approximate surface area is 104 Å². The molecule has 0 radical (unpaired) electrons. The summed E-state index contributed by atoms with van der Waals surface area (Å²) in [6.45, 7) is 9.82. The smallest absolute Gasteiger partial charge is 0.128 e. The minimum atomic E-state index is 1.08. The van der Waals surface area contributed by atoms with Gasteiger partial charge >= 0.3 is 0 Å². The third kappa shape index (κ3) is 3.30. The molecule has 2 heterocycles. The molecule has 1 saturated heterocycles. The van der Waals surface area contributed by atoms with Crippen LogP contribution in [0.15, 0.2) is 36.0 Å². The molecule has 1 aliphatic rings. The maximum atomic E-state index is 4.40. The van der Waals surface area contributed by atoms with Gasteiger partial charge in [0.1, 0.15) is 5.82 Å². The summed E-state index contributed by atoms with van der Waals surface area (Å²) in [4.78, 5) is 9.27. The number of hydrogen-bond donors (Lipinski definition) is 0. The lowest BCUT2D eigenvalue weighted by atomic mass is 10.2. The molecule has 0 spiro atoms. The van der Waals surface area contributed by atoms with Crippen LogP contribution >= 0.6 is 0 Å². The maximum Gasteiger partial charge on any atom is 0.128 e. The highest BCUT2D eigenvalue weighted by molar-refractivity contribution is 5.38. The second-order valence-corrected chi connectivity index (χ2v) is 4.59. The van der Waals surface area contributed by atoms with E-state index in [1.807, 2.05) is 12.3 Å². The van der Waals surface area contributed by atoms with Crippen LogP contribution < -0.4 is 4.90 Å². The van der Waals surface area contributed by atoms with E-state index in [4.69, 9.17) is 0 Å². The summed E-state index contributed by atoms with van der Waals surface area (Å²) < 4.78 is 0. The van der Waals surface area contributed by atoms with Crippen molar-refractivity contribution in [3.63, 3.8) is 0 Å². The topological polar surface area (TPSA) is 19.4 Å². The van der Waals surface area contributed by atoms with E-state index in [1.165, 1.54) is 5.57 Å². The fourth-order valence-corrected chi connectivity index (χ4v) is 2.12. The van der Waals surface area contributed by atoms with Gasteiger partial charge in [-0.15, -0.1) is 0 Å². The first-order chi connectivity index (χ1) is 8.29. The monoisotopic (exact) mass is 231 g/mol. The molecule has 2 rings (SSSR count). The largest absolute Gasteiger partial charge is 0.354 e. The summed E-state index contributed by atoms with van der Waals surface area (Å²) in [6.07, 6.45) is 4.07. The summed E-state index contributed by atoms with van der Waals surface area (Å²) in [6, 6.07) is 6.11. The van der Waals surface area contributed by atoms with Crippen molar-refractivity contribution in [2.45, 2.75) is 13.8 Å². The van der Waals surface area contributed by atoms with Crippen LogP contribution in [0.2, 0.25) is 0 Å². The number of pyridine rings is 1. The van der Waals surface area contributed by atoms with Gasteiger partial charge in [-0.1, -0.05) is 17.7 Å². The molecule has 0 saturated carbocycles. The van der Waals surface area contributed by atoms with E-state index in [2.05, 4.69) is 46.8 Å². The minimum Gasteiger partial charge on any atom is -0.354 e. The molecule has 3 nitrogen and oxygen atoms in total. The van der Waals surface area contributed by atoms with Crippen LogP contribution in [0.4, 0.5) is 5.82 Å². The predicted molar refractivity (Wildman–Crippen MR) is 72.3 cm³/mol. The molecule has 0 aliphatic carbocycles. The van der Waals surface area contributed by atoms with E-state index < -0.39 is 0 Å². The summed E-state index contributed by atoms with van der Waals surface area (Å²) in [5.74, 6) is 1.11. The summed E-state index contributed by atoms with van der Waals surface area (Å²) in [5.41, 5.74) is 1.45. The average Bonchev–Trinajstić information content (AvgIpc) is 2.40. The van der Waals surface area contributed by atoms with Crippen molar-refractivity contribution in [1.29, 1.82) is 0 Å². The van der Waals surface area contributed by atoms with Crippen LogP contribution in [0.3, 0.4) is 0 Å². The van der Waals surface area contributed by atoms with E-state index in [0.29, 0.717) is 0 Å². The van der Waals surface area contributed by atoms with Crippen LogP contribution in [-0.4, -0.2) is 42.6 Å². The van der Waals surface area contributed by atoms with Gasteiger partial charge in [0.15, 0.2) is 0 Å². The Kier molecular flexibility index (Phi) is 4.15. The molecule has 1 aromatic heterocycles. The molecule has 1 fully saturated rings. The SMILES string of the molecule is C/C=C(\C)CN1CCN(c2ccccn2)CC1. The second-order valence-electron chi connectivity index (χ2n) is 4.59. The fourth-order valence-electron chi connectivity index (χ4n) is 2.12. The Morgan fingerprint density at radius 2 is 2.06 bits per heavy atom. The Bertz CT molecular complexity index is 364. The molecule has 0 bridgehead atoms. The summed E-state index contributed by atoms with van der Waals surface area (Å²) in [7, 11) is 0. The minimum absolute atomic E-state index is 1.08. The fraction of sp³-hybridized carbons (Fsp3) is 0.500. The van der Waals surface area contributed by atoms with Gasteiger partial charge in [-0.3, -0.25) is 4.90 Å². The van der Waals surface area contributed by atoms with Crippen molar-refractivity contribution < 1.29 is 0 Å². The van der Waals surface area contributed by atoms with Crippen LogP contribution in [0.5, 0.6) is 0 Å². The van der Waals surface area contributed by atoms with Crippen LogP contribution in [0.1, 0.15) is 13.8 Å². The van der Waals surface area contributed by atoms with E-state index in [-0.39, 0.29) is 0 Å². The van der Waals surface area contributed by atoms with Gasteiger partial charge < -0.3 is 4.90 Å². The van der Waals surface area contributed by atoms with Gasteiger partial charge in [-0.2, -0.15) is 0 Å². The zero-order valence-electron chi connectivity index (χ0n) is 10.8. The predicted octanol–water partition coefficient (Wildman–Crippen LogP) is 2.17. The second kappa shape index (κ2) is 5.82. The molecular formula is C14H21N3. The Hall–Kier alpha value is -1.35. The molecule has 17 heavy (non-hydrogen) atoms. The summed E-state index contributed by atoms with van der Waals surface area (Å²) >= 11 is 0. The van der Waals surface area contributed by atoms with Gasteiger partial charge in [-0.25, -0.2) is 4.98 Å². The third-order valence-electron chi connectivity index (χ3n) is 3.31. The van der Waals surface area contributed by atoms with Gasteiger partial charge in [0.2, 0.25) is 0 Å². The molecule has 0 unspecified atom stereocenters. The standard InChI is InChI=1S/C14H21N3/c1-3-13(2)12-16-8-10-17(11-9-16)14-6-4-5-7-15-14/h3-7H,8-12H2,1-2H3/b13-3+. The van der Waals surface area contributed by atoms with Crippen molar-refractivity contribution in [3.8, 4) is 0 Å². The van der Waals surface area contributed by atoms with Crippen molar-refractivity contribution in [2.75, 3.05) is 37.6 Å². The lowest BCUT2D eigenvalue weighted by Gasteiger charge is -2.35. The van der Waals surface area contributed by atoms with Crippen molar-refractivity contribution in [3.05, 3.63) is 36.0 Å². The normalized spacial score (nSPS) is 18.5. The Morgan fingerprint density at radius 1 is 1.29 bits per heavy atom. The van der Waals surface area contributed by atoms with Crippen LogP contribution in [0, 0.1) is 0 Å². The first-order valence-electron chi connectivity index (χ1n) is 6.29. The van der Waals surface area contributed by atoms with Crippen molar-refractivity contribution in [2.24, 2.45) is 0 Å². The van der Waals surface area contributed by atoms with Crippen molar-refractivity contribution >= 4 is 5.82 Å². The number of aromatic nitrogens is 1. The Morgan fingerprint density at radius 3 is 2.65 bits per heavy atom. The molecule has 92 valence electrons. The van der Waals surface area contributed by atoms with Crippen molar-refractivity contribution in [1.82, 2.24) is 9.88 Å². The first-order valence-corrected chi connectivity index (χ1v) is 6.29. The zero-order chi connectivity index (χ0) is 12.1. The molecule has 0 aromatic carbocycles. The number of hydrogen-bond acceptors (Lipinski definition) is 3. The molecule has 0 amide bonds. The van der Waals surface area contributed by atoms with E-state index in [9.17, 15) is 0 Å². The molecule has 0 atom stereocenters. The molecule has 3 heteroatoms. The molecular weight excluding hydrogens is 210 g/mol. The number of allylic oxidation sites excluding steroid dienone is 1. The van der Waals surface area contributed by atoms with Crippen LogP contribution in [0.25, 0.3) is 0 Å². The highest BCUT2D eigenvalue weighted by Crippen LogP contribution is 2.13. The van der Waals surface area contributed by atoms with Gasteiger partial charge in [0.05, 0.1) is 0 Å². The number of anilines is 1. The van der Waals surface area contributed by atoms with E-state index in [0.717, 1.165) is 38.5 Å². The number of rotatable bonds is 3. The number of piperazine rings is 1.